The summed E-state index contributed by atoms with van der Waals surface area (Å²) in [4.78, 5) is 0. The van der Waals surface area contributed by atoms with Gasteiger partial charge in [-0.3, -0.25) is 0 Å². The normalized spacial score (nSPS) is 17.2. The maximum atomic E-state index is 10.4. The smallest absolute Gasteiger partial charge is 0.126 e. The Hall–Kier alpha value is -5.94. The van der Waals surface area contributed by atoms with Crippen LogP contribution in [-0.2, 0) is 29.5 Å². The molecule has 0 aliphatic heterocycles. The molecule has 0 radical (unpaired) electrons. The number of benzene rings is 7. The zero-order chi connectivity index (χ0) is 41.0. The number of rotatable bonds is 8. The van der Waals surface area contributed by atoms with E-state index >= 15 is 0 Å². The Bertz CT molecular complexity index is 2850. The molecule has 0 amide bonds. The SMILES string of the molecule is Cc1ccc2c(c1)C(C)(C)c1cc(-c3ccc4c(c3)C(C)(C)c3cc(-c5ccc6c(c5)C(C)(CCOc5cc(CO)c(O)c(CO)c5)c5ccccc5-6)ccc3-4)ccc1-2. The standard InChI is InChI=1S/C55H50O4/c1-32-11-16-41-42-17-12-33(26-48(42)53(2,3)47(41)23-32)34-13-18-43-44-19-14-35(28-50(44)54(4,5)49(43)27-34)36-15-20-45-40-9-7-8-10-46(40)55(6,51(45)29-36)21-22-59-39-24-37(30-56)52(58)38(25-39)31-57/h7-20,23-29,56-58H,21-22,30-31H2,1-6H3. The lowest BCUT2D eigenvalue weighted by atomic mass is 9.76. The van der Waals surface area contributed by atoms with Crippen molar-refractivity contribution in [3.8, 4) is 67.1 Å². The van der Waals surface area contributed by atoms with E-state index in [-0.39, 0.29) is 35.2 Å². The first kappa shape index (κ1) is 37.3. The zero-order valence-corrected chi connectivity index (χ0v) is 34.7. The molecule has 0 heterocycles. The number of aryl methyl sites for hydroxylation is 1. The van der Waals surface area contributed by atoms with Gasteiger partial charge in [0.1, 0.15) is 11.5 Å². The maximum Gasteiger partial charge on any atom is 0.126 e. The number of hydrogen-bond donors (Lipinski definition) is 3. The number of fused-ring (bicyclic) bond motifs is 9. The van der Waals surface area contributed by atoms with Crippen LogP contribution < -0.4 is 4.74 Å². The van der Waals surface area contributed by atoms with Crippen molar-refractivity contribution in [2.45, 2.75) is 77.4 Å². The van der Waals surface area contributed by atoms with E-state index in [2.05, 4.69) is 157 Å². The molecule has 0 saturated carbocycles. The molecule has 1 atom stereocenters. The first-order valence-electron chi connectivity index (χ1n) is 20.8. The minimum absolute atomic E-state index is 0.0505. The second-order valence-electron chi connectivity index (χ2n) is 18.2. The monoisotopic (exact) mass is 774 g/mol. The van der Waals surface area contributed by atoms with Gasteiger partial charge in [-0.05, 0) is 139 Å². The van der Waals surface area contributed by atoms with E-state index in [1.807, 2.05) is 0 Å². The van der Waals surface area contributed by atoms with Gasteiger partial charge >= 0.3 is 0 Å². The van der Waals surface area contributed by atoms with Crippen LogP contribution in [0.5, 0.6) is 11.5 Å². The van der Waals surface area contributed by atoms with Crippen molar-refractivity contribution in [1.82, 2.24) is 0 Å². The Labute approximate surface area is 347 Å². The van der Waals surface area contributed by atoms with E-state index in [4.69, 9.17) is 4.74 Å². The van der Waals surface area contributed by atoms with Crippen molar-refractivity contribution in [3.63, 3.8) is 0 Å². The lowest BCUT2D eigenvalue weighted by Gasteiger charge is -2.28. The summed E-state index contributed by atoms with van der Waals surface area (Å²) in [5, 5.41) is 30.0. The topological polar surface area (TPSA) is 69.9 Å². The van der Waals surface area contributed by atoms with Crippen LogP contribution in [0.4, 0.5) is 0 Å². The summed E-state index contributed by atoms with van der Waals surface area (Å²) < 4.78 is 6.27. The van der Waals surface area contributed by atoms with Gasteiger partial charge in [-0.2, -0.15) is 0 Å². The molecule has 7 aromatic rings. The van der Waals surface area contributed by atoms with Crippen LogP contribution in [-0.4, -0.2) is 21.9 Å². The molecule has 7 aromatic carbocycles. The first-order valence-corrected chi connectivity index (χ1v) is 20.8. The minimum atomic E-state index is -0.339. The van der Waals surface area contributed by atoms with Gasteiger partial charge in [-0.15, -0.1) is 0 Å². The molecule has 3 aliphatic rings. The summed E-state index contributed by atoms with van der Waals surface area (Å²) in [5.74, 6) is 0.427. The highest BCUT2D eigenvalue weighted by Gasteiger charge is 2.41. The van der Waals surface area contributed by atoms with Gasteiger partial charge in [0.2, 0.25) is 0 Å². The Morgan fingerprint density at radius 1 is 0.458 bits per heavy atom. The van der Waals surface area contributed by atoms with Gasteiger partial charge in [0.05, 0.1) is 19.8 Å². The number of aromatic hydroxyl groups is 1. The molecule has 4 nitrogen and oxygen atoms in total. The van der Waals surface area contributed by atoms with Crippen LogP contribution >= 0.6 is 0 Å². The fourth-order valence-corrected chi connectivity index (χ4v) is 10.6. The van der Waals surface area contributed by atoms with Crippen molar-refractivity contribution in [2.75, 3.05) is 6.61 Å². The zero-order valence-electron chi connectivity index (χ0n) is 34.7. The van der Waals surface area contributed by atoms with Gasteiger partial charge in [0, 0.05) is 27.4 Å². The van der Waals surface area contributed by atoms with Gasteiger partial charge < -0.3 is 20.1 Å². The third-order valence-electron chi connectivity index (χ3n) is 14.1. The predicted molar refractivity (Wildman–Crippen MR) is 239 cm³/mol. The molecule has 0 aromatic heterocycles. The van der Waals surface area contributed by atoms with Crippen molar-refractivity contribution in [2.24, 2.45) is 0 Å². The first-order chi connectivity index (χ1) is 28.3. The Morgan fingerprint density at radius 3 is 1.36 bits per heavy atom. The van der Waals surface area contributed by atoms with Crippen molar-refractivity contribution in [1.29, 1.82) is 0 Å². The van der Waals surface area contributed by atoms with Gasteiger partial charge in [-0.25, -0.2) is 0 Å². The molecular weight excluding hydrogens is 725 g/mol. The number of ether oxygens (including phenoxy) is 1. The van der Waals surface area contributed by atoms with E-state index in [1.165, 1.54) is 94.6 Å². The van der Waals surface area contributed by atoms with Crippen LogP contribution in [0, 0.1) is 6.92 Å². The van der Waals surface area contributed by atoms with Gasteiger partial charge in [0.15, 0.2) is 0 Å². The van der Waals surface area contributed by atoms with Gasteiger partial charge in [0.25, 0.3) is 0 Å². The van der Waals surface area contributed by atoms with E-state index < -0.39 is 0 Å². The number of phenols is 1. The van der Waals surface area contributed by atoms with E-state index in [0.717, 1.165) is 0 Å². The Balaban J connectivity index is 0.962. The molecule has 10 rings (SSSR count). The van der Waals surface area contributed by atoms with Crippen LogP contribution in [0.3, 0.4) is 0 Å². The third-order valence-corrected chi connectivity index (χ3v) is 14.1. The van der Waals surface area contributed by atoms with E-state index in [9.17, 15) is 15.3 Å². The molecule has 3 aliphatic carbocycles. The summed E-state index contributed by atoms with van der Waals surface area (Å²) in [5.41, 5.74) is 22.3. The summed E-state index contributed by atoms with van der Waals surface area (Å²) >= 11 is 0. The highest BCUT2D eigenvalue weighted by Crippen LogP contribution is 2.55. The third kappa shape index (κ3) is 5.57. The average Bonchev–Trinajstić information content (AvgIpc) is 3.73. The quantitative estimate of drug-likeness (QED) is 0.144. The van der Waals surface area contributed by atoms with Crippen molar-refractivity contribution >= 4 is 0 Å². The number of aliphatic hydroxyl groups is 2. The fourth-order valence-electron chi connectivity index (χ4n) is 10.6. The average molecular weight is 775 g/mol. The largest absolute Gasteiger partial charge is 0.507 e. The van der Waals surface area contributed by atoms with Crippen LogP contribution in [0.1, 0.15) is 91.1 Å². The van der Waals surface area contributed by atoms with Crippen LogP contribution in [0.25, 0.3) is 55.6 Å². The maximum absolute atomic E-state index is 10.4. The molecule has 294 valence electrons. The molecule has 0 saturated heterocycles. The number of hydrogen-bond acceptors (Lipinski definition) is 4. The summed E-state index contributed by atoms with van der Waals surface area (Å²) in [6, 6.07) is 46.9. The summed E-state index contributed by atoms with van der Waals surface area (Å²) in [6.07, 6.45) is 0.716. The fraction of sp³-hybridized carbons (Fsp3) is 0.236. The molecule has 0 bridgehead atoms. The molecule has 1 unspecified atom stereocenters. The van der Waals surface area contributed by atoms with Crippen molar-refractivity contribution in [3.05, 3.63) is 177 Å². The highest BCUT2D eigenvalue weighted by molar-refractivity contribution is 5.89. The lowest BCUT2D eigenvalue weighted by Crippen LogP contribution is -2.24. The highest BCUT2D eigenvalue weighted by atomic mass is 16.5. The molecule has 4 heteroatoms. The summed E-state index contributed by atoms with van der Waals surface area (Å²) in [7, 11) is 0. The number of aliphatic hydroxyl groups excluding tert-OH is 2. The van der Waals surface area contributed by atoms with Crippen LogP contribution in [0.2, 0.25) is 0 Å². The predicted octanol–water partition coefficient (Wildman–Crippen LogP) is 12.4. The Morgan fingerprint density at radius 2 is 0.864 bits per heavy atom. The van der Waals surface area contributed by atoms with E-state index in [1.54, 1.807) is 12.1 Å². The molecule has 59 heavy (non-hydrogen) atoms. The molecule has 0 fully saturated rings. The molecule has 0 spiro atoms. The second kappa shape index (κ2) is 13.3. The molecular formula is C55H50O4. The van der Waals surface area contributed by atoms with E-state index in [0.29, 0.717) is 29.9 Å². The minimum Gasteiger partial charge on any atom is -0.507 e. The van der Waals surface area contributed by atoms with Gasteiger partial charge in [-0.1, -0.05) is 131 Å². The lowest BCUT2D eigenvalue weighted by molar-refractivity contribution is 0.255. The Kier molecular flexibility index (Phi) is 8.41. The van der Waals surface area contributed by atoms with Crippen LogP contribution in [0.15, 0.2) is 127 Å². The second-order valence-corrected chi connectivity index (χ2v) is 18.2. The molecule has 3 N–H and O–H groups in total. The van der Waals surface area contributed by atoms with Crippen molar-refractivity contribution < 1.29 is 20.1 Å². The summed E-state index contributed by atoms with van der Waals surface area (Å²) in [6.45, 7) is 13.7.